The van der Waals surface area contributed by atoms with Crippen molar-refractivity contribution in [3.05, 3.63) is 194 Å². The molecule has 4 nitrogen and oxygen atoms in total. The highest BCUT2D eigenvalue weighted by molar-refractivity contribution is 7.27. The van der Waals surface area contributed by atoms with Gasteiger partial charge in [0.25, 0.3) is 0 Å². The monoisotopic (exact) mass is 756 g/mol. The van der Waals surface area contributed by atoms with Gasteiger partial charge in [-0.05, 0) is 82.2 Å². The van der Waals surface area contributed by atoms with E-state index in [1.165, 1.54) is 47.2 Å². The van der Waals surface area contributed by atoms with Crippen molar-refractivity contribution in [3.63, 3.8) is 0 Å². The van der Waals surface area contributed by atoms with Gasteiger partial charge in [-0.25, -0.2) is 15.0 Å². The van der Waals surface area contributed by atoms with Crippen LogP contribution in [0.4, 0.5) is 0 Å². The first-order chi connectivity index (χ1) is 28.8. The predicted molar refractivity (Wildman–Crippen MR) is 244 cm³/mol. The highest BCUT2D eigenvalue weighted by Gasteiger charge is 2.22. The molecule has 4 aromatic heterocycles. The molecule has 0 aliphatic carbocycles. The number of fused-ring (bicyclic) bond motifs is 11. The van der Waals surface area contributed by atoms with E-state index in [1.54, 1.807) is 0 Å². The summed E-state index contributed by atoms with van der Waals surface area (Å²) in [6.07, 6.45) is 1.81. The van der Waals surface area contributed by atoms with E-state index in [1.807, 2.05) is 23.6 Å². The van der Waals surface area contributed by atoms with E-state index < -0.39 is 0 Å². The minimum Gasteiger partial charge on any atom is -0.309 e. The van der Waals surface area contributed by atoms with Gasteiger partial charge in [-0.1, -0.05) is 133 Å². The first kappa shape index (κ1) is 32.7. The number of hydrogen-bond donors (Lipinski definition) is 0. The molecule has 0 atom stereocenters. The molecule has 0 N–H and O–H groups in total. The van der Waals surface area contributed by atoms with Gasteiger partial charge in [0.05, 0.1) is 16.7 Å². The van der Waals surface area contributed by atoms with Crippen molar-refractivity contribution in [2.75, 3.05) is 0 Å². The molecule has 58 heavy (non-hydrogen) atoms. The van der Waals surface area contributed by atoms with Crippen LogP contribution in [0.5, 0.6) is 0 Å². The first-order valence-electron chi connectivity index (χ1n) is 19.5. The number of benzene rings is 8. The van der Waals surface area contributed by atoms with Crippen LogP contribution in [-0.4, -0.2) is 19.5 Å². The van der Waals surface area contributed by atoms with Crippen molar-refractivity contribution < 1.29 is 0 Å². The lowest BCUT2D eigenvalue weighted by Gasteiger charge is -2.14. The van der Waals surface area contributed by atoms with Gasteiger partial charge >= 0.3 is 0 Å². The normalized spacial score (nSPS) is 11.8. The zero-order chi connectivity index (χ0) is 38.2. The van der Waals surface area contributed by atoms with Crippen molar-refractivity contribution in [2.45, 2.75) is 0 Å². The number of thiophene rings is 1. The smallest absolute Gasteiger partial charge is 0.163 e. The Hall–Kier alpha value is -7.47. The summed E-state index contributed by atoms with van der Waals surface area (Å²) in [6, 6.07) is 67.1. The minimum absolute atomic E-state index is 0.631. The third-order valence-corrected chi connectivity index (χ3v) is 12.6. The summed E-state index contributed by atoms with van der Waals surface area (Å²) >= 11 is 1.89. The molecule has 0 bridgehead atoms. The second-order valence-electron chi connectivity index (χ2n) is 14.8. The molecule has 270 valence electrons. The van der Waals surface area contributed by atoms with Gasteiger partial charge in [0, 0.05) is 64.7 Å². The van der Waals surface area contributed by atoms with Crippen LogP contribution in [0.25, 0.3) is 114 Å². The summed E-state index contributed by atoms with van der Waals surface area (Å²) in [5.41, 5.74) is 11.4. The Labute approximate surface area is 338 Å². The van der Waals surface area contributed by atoms with Crippen molar-refractivity contribution in [1.82, 2.24) is 19.5 Å². The molecule has 0 spiro atoms. The Kier molecular flexibility index (Phi) is 7.37. The second-order valence-corrected chi connectivity index (χ2v) is 15.8. The van der Waals surface area contributed by atoms with Crippen molar-refractivity contribution in [1.29, 1.82) is 0 Å². The van der Waals surface area contributed by atoms with Gasteiger partial charge in [-0.3, -0.25) is 0 Å². The van der Waals surface area contributed by atoms with Crippen LogP contribution in [-0.2, 0) is 0 Å². The zero-order valence-corrected chi connectivity index (χ0v) is 32.0. The fourth-order valence-electron chi connectivity index (χ4n) is 8.84. The van der Waals surface area contributed by atoms with Crippen molar-refractivity contribution >= 4 is 75.1 Å². The Morgan fingerprint density at radius 3 is 1.81 bits per heavy atom. The van der Waals surface area contributed by atoms with Crippen LogP contribution in [0.15, 0.2) is 194 Å². The lowest BCUT2D eigenvalue weighted by Crippen LogP contribution is -1.99. The maximum Gasteiger partial charge on any atom is 0.163 e. The fraction of sp³-hybridized carbons (Fsp3) is 0. The second kappa shape index (κ2) is 13.1. The molecule has 0 amide bonds. The lowest BCUT2D eigenvalue weighted by molar-refractivity contribution is 1.16. The average Bonchev–Trinajstić information content (AvgIpc) is 3.86. The fourth-order valence-corrected chi connectivity index (χ4v) is 10.1. The topological polar surface area (TPSA) is 43.6 Å². The predicted octanol–water partition coefficient (Wildman–Crippen LogP) is 14.3. The maximum atomic E-state index is 5.41. The molecule has 5 heteroatoms. The van der Waals surface area contributed by atoms with E-state index in [0.29, 0.717) is 11.5 Å². The number of hydrogen-bond acceptors (Lipinski definition) is 4. The van der Waals surface area contributed by atoms with Gasteiger partial charge in [-0.15, -0.1) is 11.3 Å². The molecule has 0 unspecified atom stereocenters. The molecule has 0 aliphatic rings. The van der Waals surface area contributed by atoms with Gasteiger partial charge in [-0.2, -0.15) is 0 Å². The molecule has 12 rings (SSSR count). The first-order valence-corrected chi connectivity index (χ1v) is 20.3. The Morgan fingerprint density at radius 2 is 1.03 bits per heavy atom. The zero-order valence-electron chi connectivity index (χ0n) is 31.2. The molecule has 4 heterocycles. The SMILES string of the molecule is c1ccc(-c2cc(-c3ccccc3)cc(-c3nc(-c4cccc(-n5c6ccccc6c6c7sc8ccccc8c7c7ccccc7c65)c4)nc4ncccc34)c2)cc1. The molecule has 0 saturated heterocycles. The summed E-state index contributed by atoms with van der Waals surface area (Å²) in [5, 5.41) is 8.58. The number of para-hydroxylation sites is 1. The minimum atomic E-state index is 0.631. The highest BCUT2D eigenvalue weighted by atomic mass is 32.1. The van der Waals surface area contributed by atoms with E-state index in [-0.39, 0.29) is 0 Å². The molecule has 12 aromatic rings. The van der Waals surface area contributed by atoms with Crippen molar-refractivity contribution in [2.24, 2.45) is 0 Å². The Morgan fingerprint density at radius 1 is 0.414 bits per heavy atom. The van der Waals surface area contributed by atoms with E-state index in [2.05, 4.69) is 187 Å². The summed E-state index contributed by atoms with van der Waals surface area (Å²) < 4.78 is 5.06. The molecule has 0 radical (unpaired) electrons. The van der Waals surface area contributed by atoms with Gasteiger partial charge in [0.15, 0.2) is 11.5 Å². The number of rotatable bonds is 5. The maximum absolute atomic E-state index is 5.41. The third kappa shape index (κ3) is 5.11. The molecule has 0 aliphatic heterocycles. The molecular weight excluding hydrogens is 725 g/mol. The molecule has 0 saturated carbocycles. The van der Waals surface area contributed by atoms with Crippen LogP contribution < -0.4 is 0 Å². The lowest BCUT2D eigenvalue weighted by atomic mass is 9.94. The molecule has 0 fully saturated rings. The van der Waals surface area contributed by atoms with Crippen LogP contribution in [0.1, 0.15) is 0 Å². The highest BCUT2D eigenvalue weighted by Crippen LogP contribution is 2.48. The van der Waals surface area contributed by atoms with Crippen LogP contribution in [0.2, 0.25) is 0 Å². The molecule has 8 aromatic carbocycles. The van der Waals surface area contributed by atoms with Crippen LogP contribution >= 0.6 is 11.3 Å². The van der Waals surface area contributed by atoms with E-state index >= 15 is 0 Å². The Bertz CT molecular complexity index is 3510. The van der Waals surface area contributed by atoms with E-state index in [9.17, 15) is 0 Å². The standard InChI is InChI=1S/C53H32N4S/c1-3-15-33(16-4-1)36-29-37(34-17-5-2-6-18-34)31-38(30-36)49-44-25-14-28-54-53(44)56-52(55-49)35-19-13-20-39(32-35)57-45-26-11-9-23-42(45)48-50(57)41-22-8-7-21-40(41)47-43-24-10-12-27-46(43)58-51(47)48/h1-32H. The van der Waals surface area contributed by atoms with E-state index in [0.717, 1.165) is 55.7 Å². The number of aromatic nitrogens is 4. The Balaban J connectivity index is 1.10. The van der Waals surface area contributed by atoms with Crippen LogP contribution in [0.3, 0.4) is 0 Å². The quantitative estimate of drug-likeness (QED) is 0.176. The van der Waals surface area contributed by atoms with E-state index in [4.69, 9.17) is 15.0 Å². The average molecular weight is 757 g/mol. The summed E-state index contributed by atoms with van der Waals surface area (Å²) in [6.45, 7) is 0. The molecular formula is C53H32N4S. The van der Waals surface area contributed by atoms with Gasteiger partial charge in [0.2, 0.25) is 0 Å². The third-order valence-electron chi connectivity index (χ3n) is 11.4. The summed E-state index contributed by atoms with van der Waals surface area (Å²) in [7, 11) is 0. The van der Waals surface area contributed by atoms with Gasteiger partial charge in [0.1, 0.15) is 0 Å². The number of pyridine rings is 1. The summed E-state index contributed by atoms with van der Waals surface area (Å²) in [4.78, 5) is 15.3. The largest absolute Gasteiger partial charge is 0.309 e. The van der Waals surface area contributed by atoms with Crippen LogP contribution in [0, 0.1) is 0 Å². The van der Waals surface area contributed by atoms with Gasteiger partial charge < -0.3 is 4.57 Å². The van der Waals surface area contributed by atoms with Crippen molar-refractivity contribution in [3.8, 4) is 50.6 Å². The number of nitrogens with zero attached hydrogens (tertiary/aromatic N) is 4. The summed E-state index contributed by atoms with van der Waals surface area (Å²) in [5.74, 6) is 0.631.